The monoisotopic (exact) mass is 680 g/mol. The topological polar surface area (TPSA) is 158 Å². The number of esters is 1. The fraction of sp³-hybridized carbons (Fsp3) is 0.583. The molecule has 3 aliphatic rings. The number of nitrogens with one attached hydrogen (secondary N) is 4. The van der Waals surface area contributed by atoms with Gasteiger partial charge in [-0.05, 0) is 90.0 Å². The van der Waals surface area contributed by atoms with Crippen LogP contribution >= 0.6 is 0 Å². The number of carbonyl (C=O) groups excluding carboxylic acids is 5. The first-order valence-electron chi connectivity index (χ1n) is 17.1. The quantitative estimate of drug-likeness (QED) is 0.322. The third-order valence-electron chi connectivity index (χ3n) is 8.84. The molecule has 4 amide bonds. The fourth-order valence-corrected chi connectivity index (χ4v) is 5.77. The van der Waals surface area contributed by atoms with E-state index in [9.17, 15) is 24.0 Å². The van der Waals surface area contributed by atoms with Gasteiger partial charge in [0.2, 0.25) is 11.8 Å². The number of hydrogen-bond acceptors (Lipinski definition) is 9. The van der Waals surface area contributed by atoms with E-state index in [0.29, 0.717) is 25.8 Å². The number of nitrogens with zero attached hydrogens (tertiary/aromatic N) is 2. The van der Waals surface area contributed by atoms with Crippen LogP contribution in [-0.2, 0) is 28.7 Å². The summed E-state index contributed by atoms with van der Waals surface area (Å²) in [5.74, 6) is -2.02. The number of carbonyl (C=O) groups is 5. The summed E-state index contributed by atoms with van der Waals surface area (Å²) in [6, 6.07) is 3.28. The Balaban J connectivity index is 1.63. The second-order valence-corrected chi connectivity index (χ2v) is 14.6. The lowest BCUT2D eigenvalue weighted by Crippen LogP contribution is -2.61. The lowest BCUT2D eigenvalue weighted by Gasteiger charge is -2.39. The van der Waals surface area contributed by atoms with E-state index >= 15 is 0 Å². The Labute approximate surface area is 289 Å². The summed E-state index contributed by atoms with van der Waals surface area (Å²) in [5, 5.41) is 10.4. The summed E-state index contributed by atoms with van der Waals surface area (Å²) in [6.07, 6.45) is 7.66. The highest BCUT2D eigenvalue weighted by Crippen LogP contribution is 2.33. The largest absolute Gasteiger partial charge is 0.459 e. The first-order valence-corrected chi connectivity index (χ1v) is 17.1. The van der Waals surface area contributed by atoms with Gasteiger partial charge in [-0.1, -0.05) is 38.1 Å². The molecular weight excluding hydrogens is 628 g/mol. The molecule has 268 valence electrons. The summed E-state index contributed by atoms with van der Waals surface area (Å²) < 4.78 is 11.6. The van der Waals surface area contributed by atoms with Gasteiger partial charge in [-0.15, -0.1) is 0 Å². The van der Waals surface area contributed by atoms with E-state index < -0.39 is 59.2 Å². The zero-order valence-corrected chi connectivity index (χ0v) is 29.9. The number of benzene rings is 1. The van der Waals surface area contributed by atoms with E-state index in [1.165, 1.54) is 9.91 Å². The molecule has 0 saturated carbocycles. The van der Waals surface area contributed by atoms with E-state index in [0.717, 1.165) is 16.8 Å². The number of amides is 4. The van der Waals surface area contributed by atoms with Gasteiger partial charge < -0.3 is 25.4 Å². The number of rotatable bonds is 1. The molecular formula is C36H52N6O7. The van der Waals surface area contributed by atoms with Crippen LogP contribution in [0.5, 0.6) is 0 Å². The normalized spacial score (nSPS) is 28.2. The van der Waals surface area contributed by atoms with E-state index in [1.807, 2.05) is 44.2 Å². The fourth-order valence-electron chi connectivity index (χ4n) is 5.77. The Kier molecular flexibility index (Phi) is 11.8. The zero-order chi connectivity index (χ0) is 36.1. The number of hydrogen-bond donors (Lipinski definition) is 4. The van der Waals surface area contributed by atoms with Gasteiger partial charge in [-0.2, -0.15) is 0 Å². The Bertz CT molecular complexity index is 1480. The molecule has 5 atom stereocenters. The second kappa shape index (κ2) is 15.4. The molecule has 1 aromatic rings. The lowest BCUT2D eigenvalue weighted by molar-refractivity contribution is -0.158. The van der Waals surface area contributed by atoms with Gasteiger partial charge >= 0.3 is 12.1 Å². The Morgan fingerprint density at radius 3 is 2.47 bits per heavy atom. The van der Waals surface area contributed by atoms with E-state index in [4.69, 9.17) is 9.47 Å². The van der Waals surface area contributed by atoms with Crippen LogP contribution in [0.2, 0.25) is 0 Å². The second-order valence-electron chi connectivity index (χ2n) is 14.6. The molecule has 0 aromatic heterocycles. The van der Waals surface area contributed by atoms with Crippen LogP contribution < -0.4 is 21.4 Å². The molecule has 3 aliphatic heterocycles. The van der Waals surface area contributed by atoms with Crippen molar-refractivity contribution in [1.82, 2.24) is 26.0 Å². The van der Waals surface area contributed by atoms with Crippen LogP contribution in [0.3, 0.4) is 0 Å². The summed E-state index contributed by atoms with van der Waals surface area (Å²) >= 11 is 0. The van der Waals surface area contributed by atoms with E-state index in [-0.39, 0.29) is 24.8 Å². The first-order chi connectivity index (χ1) is 23.0. The third-order valence-corrected chi connectivity index (χ3v) is 8.84. The maximum Gasteiger partial charge on any atom is 0.414 e. The molecule has 0 spiro atoms. The molecule has 49 heavy (non-hydrogen) atoms. The van der Waals surface area contributed by atoms with Gasteiger partial charge in [0.25, 0.3) is 5.91 Å². The molecule has 1 aromatic carbocycles. The molecule has 4 rings (SSSR count). The van der Waals surface area contributed by atoms with Crippen LogP contribution in [0, 0.1) is 5.92 Å². The van der Waals surface area contributed by atoms with Crippen molar-refractivity contribution in [3.8, 4) is 0 Å². The van der Waals surface area contributed by atoms with Gasteiger partial charge in [0.05, 0.1) is 5.54 Å². The number of anilines is 1. The minimum atomic E-state index is -0.924. The van der Waals surface area contributed by atoms with Crippen molar-refractivity contribution in [2.45, 2.75) is 116 Å². The first kappa shape index (κ1) is 37.4. The number of cyclic esters (lactones) is 1. The standard InChI is InChI=1S/C36H52N6O7/c1-22(2)30-31(44)37-23(3)32(45)42-19-9-11-27(40-42)33(46)48-24(4)36(8)17-15-26-14-13-25(21-28(26)39-36)16-20-41(18-10-12-29(43)38-30)34(47)49-35(5,6)7/h13-17,20-24,27,30,39-40H,9-12,18-19H2,1-8H3,(H,37,44)(H,38,43)/b20-16+/t23-,24+,27-,30-,36?/m0/s1. The average Bonchev–Trinajstić information content (AvgIpc) is 3.03. The number of fused-ring (bicyclic) bond motifs is 4. The minimum Gasteiger partial charge on any atom is -0.459 e. The van der Waals surface area contributed by atoms with Crippen molar-refractivity contribution in [1.29, 1.82) is 0 Å². The molecule has 0 radical (unpaired) electrons. The van der Waals surface area contributed by atoms with Gasteiger partial charge in [-0.3, -0.25) is 29.1 Å². The molecule has 4 N–H and O–H groups in total. The number of hydrazine groups is 1. The Morgan fingerprint density at radius 1 is 1.04 bits per heavy atom. The van der Waals surface area contributed by atoms with E-state index in [2.05, 4.69) is 21.4 Å². The Morgan fingerprint density at radius 2 is 1.78 bits per heavy atom. The molecule has 1 unspecified atom stereocenters. The van der Waals surface area contributed by atoms with Gasteiger partial charge in [0.15, 0.2) is 0 Å². The summed E-state index contributed by atoms with van der Waals surface area (Å²) in [4.78, 5) is 67.6. The lowest BCUT2D eigenvalue weighted by atomic mass is 9.89. The highest BCUT2D eigenvalue weighted by atomic mass is 16.6. The SMILES string of the molecule is CC(C)[C@@H]1NC(=O)CCCN(C(=O)OC(C)(C)C)/C=C/c2ccc3c(c2)NC(C)(C=C3)[C@@H](C)OC(=O)[C@@H]2CCCN(N2)C(=O)[C@H](C)NC1=O. The van der Waals surface area contributed by atoms with Crippen molar-refractivity contribution in [2.75, 3.05) is 18.4 Å². The van der Waals surface area contributed by atoms with Crippen LogP contribution in [0.15, 0.2) is 30.5 Å². The van der Waals surface area contributed by atoms with E-state index in [1.54, 1.807) is 53.8 Å². The van der Waals surface area contributed by atoms with Crippen molar-refractivity contribution in [2.24, 2.45) is 5.92 Å². The molecule has 1 fully saturated rings. The van der Waals surface area contributed by atoms with Gasteiger partial charge in [0.1, 0.15) is 29.8 Å². The Hall–Kier alpha value is -4.39. The summed E-state index contributed by atoms with van der Waals surface area (Å²) in [6.45, 7) is 14.8. The maximum atomic E-state index is 13.4. The van der Waals surface area contributed by atoms with Gasteiger partial charge in [-0.25, -0.2) is 10.2 Å². The molecule has 0 aliphatic carbocycles. The van der Waals surface area contributed by atoms with Gasteiger partial charge in [0, 0.05) is 31.4 Å². The number of ether oxygens (including phenoxy) is 2. The average molecular weight is 681 g/mol. The highest BCUT2D eigenvalue weighted by Gasteiger charge is 2.38. The molecule has 13 heteroatoms. The van der Waals surface area contributed by atoms with Crippen LogP contribution in [-0.4, -0.2) is 88.2 Å². The summed E-state index contributed by atoms with van der Waals surface area (Å²) in [5.41, 5.74) is 4.13. The maximum absolute atomic E-state index is 13.4. The molecule has 5 bridgehead atoms. The predicted molar refractivity (Wildman–Crippen MR) is 187 cm³/mol. The van der Waals surface area contributed by atoms with Crippen LogP contribution in [0.1, 0.15) is 92.2 Å². The predicted octanol–water partition coefficient (Wildman–Crippen LogP) is 3.96. The molecule has 1 saturated heterocycles. The van der Waals surface area contributed by atoms with Crippen LogP contribution in [0.25, 0.3) is 12.2 Å². The third kappa shape index (κ3) is 9.84. The molecule has 3 heterocycles. The zero-order valence-electron chi connectivity index (χ0n) is 29.9. The highest BCUT2D eigenvalue weighted by molar-refractivity contribution is 5.92. The van der Waals surface area contributed by atoms with Crippen molar-refractivity contribution < 1.29 is 33.4 Å². The van der Waals surface area contributed by atoms with Crippen molar-refractivity contribution in [3.63, 3.8) is 0 Å². The summed E-state index contributed by atoms with van der Waals surface area (Å²) in [7, 11) is 0. The van der Waals surface area contributed by atoms with Crippen molar-refractivity contribution >= 4 is 47.6 Å². The molecule has 13 nitrogen and oxygen atoms in total. The van der Waals surface area contributed by atoms with Crippen molar-refractivity contribution in [3.05, 3.63) is 41.6 Å². The smallest absolute Gasteiger partial charge is 0.414 e. The minimum absolute atomic E-state index is 0.0547. The van der Waals surface area contributed by atoms with Crippen LogP contribution in [0.4, 0.5) is 10.5 Å².